The molecule has 141 heavy (non-hydrogen) atoms. The van der Waals surface area contributed by atoms with Crippen molar-refractivity contribution >= 4 is 70.1 Å². The van der Waals surface area contributed by atoms with E-state index in [1.165, 1.54) is 53.5 Å². The number of hydrogen-bond acceptors (Lipinski definition) is 24. The van der Waals surface area contributed by atoms with Crippen LogP contribution in [-0.4, -0.2) is 108 Å². The molecule has 33 heteroatoms. The molecule has 0 atom stereocenters. The van der Waals surface area contributed by atoms with E-state index in [9.17, 15) is 0 Å². The van der Waals surface area contributed by atoms with Gasteiger partial charge in [-0.15, -0.1) is 65.9 Å². The van der Waals surface area contributed by atoms with E-state index < -0.39 is 17.7 Å². The number of nitrogens with one attached hydrogen (secondary N) is 3. The number of carbonyl (C=O) groups excluding carboxylic acids is 3. The van der Waals surface area contributed by atoms with Gasteiger partial charge in [0.1, 0.15) is 108 Å². The van der Waals surface area contributed by atoms with Crippen LogP contribution in [0.2, 0.25) is 0 Å². The van der Waals surface area contributed by atoms with E-state index in [0.717, 1.165) is 50.1 Å². The van der Waals surface area contributed by atoms with Gasteiger partial charge in [-0.25, -0.2) is 28.1 Å². The molecule has 0 saturated carbocycles. The van der Waals surface area contributed by atoms with Crippen LogP contribution in [0.5, 0.6) is 34.5 Å². The first-order valence-corrected chi connectivity index (χ1v) is 48.4. The van der Waals surface area contributed by atoms with Crippen molar-refractivity contribution in [3.05, 3.63) is 466 Å². The summed E-state index contributed by atoms with van der Waals surface area (Å²) in [5, 5.41) is 62.2. The van der Waals surface area contributed by atoms with E-state index in [-0.39, 0.29) is 56.3 Å². The molecule has 0 saturated heterocycles. The fourth-order valence-corrected chi connectivity index (χ4v) is 18.1. The van der Waals surface area contributed by atoms with Crippen LogP contribution >= 0.6 is 35.3 Å². The largest absolute Gasteiger partial charge is 0.487 e. The van der Waals surface area contributed by atoms with Crippen LogP contribution in [-0.2, 0) is 96.2 Å². The predicted octanol–water partition coefficient (Wildman–Crippen LogP) is 19.6. The third-order valence-corrected chi connectivity index (χ3v) is 25.5. The van der Waals surface area contributed by atoms with Gasteiger partial charge in [0, 0.05) is 66.8 Å². The van der Waals surface area contributed by atoms with Crippen LogP contribution in [0.25, 0.3) is 0 Å². The first-order valence-electron chi connectivity index (χ1n) is 45.4. The van der Waals surface area contributed by atoms with Crippen LogP contribution in [0.3, 0.4) is 0 Å². The van der Waals surface area contributed by atoms with E-state index in [0.29, 0.717) is 157 Å². The zero-order valence-electron chi connectivity index (χ0n) is 76.2. The highest BCUT2D eigenvalue weighted by Crippen LogP contribution is 2.39. The average Bonchev–Trinajstić information content (AvgIpc) is 1.57. The van der Waals surface area contributed by atoms with Crippen molar-refractivity contribution in [2.75, 3.05) is 16.0 Å². The van der Waals surface area contributed by atoms with Gasteiger partial charge in [0.2, 0.25) is 0 Å². The van der Waals surface area contributed by atoms with Crippen molar-refractivity contribution in [1.82, 2.24) is 90.0 Å². The normalized spacial score (nSPS) is 11.1. The molecule has 0 aliphatic rings. The summed E-state index contributed by atoms with van der Waals surface area (Å²) in [5.74, 6) is 2.53. The minimum absolute atomic E-state index is 0.0206. The Morgan fingerprint density at radius 1 is 0.220 bits per heavy atom. The third kappa shape index (κ3) is 26.8. The maximum Gasteiger partial charge on any atom is 0.255 e. The van der Waals surface area contributed by atoms with Gasteiger partial charge in [-0.1, -0.05) is 250 Å². The second-order valence-corrected chi connectivity index (χ2v) is 36.1. The lowest BCUT2D eigenvalue weighted by Crippen LogP contribution is -2.20. The smallest absolute Gasteiger partial charge is 0.255 e. The fourth-order valence-electron chi connectivity index (χ4n) is 15.3. The maximum atomic E-state index is 15.4. The van der Waals surface area contributed by atoms with E-state index in [1.54, 1.807) is 46.3 Å². The Bertz CT molecular complexity index is 6410. The number of aromatic nitrogens is 18. The van der Waals surface area contributed by atoms with Gasteiger partial charge in [0.15, 0.2) is 0 Å². The van der Waals surface area contributed by atoms with Crippen LogP contribution < -0.4 is 44.4 Å². The quantitative estimate of drug-likeness (QED) is 0.0299. The number of benzene rings is 13. The minimum Gasteiger partial charge on any atom is -0.487 e. The molecule has 0 radical (unpaired) electrons. The summed E-state index contributed by atoms with van der Waals surface area (Å²) in [4.78, 5) is 48.3. The van der Waals surface area contributed by atoms with Gasteiger partial charge in [-0.05, 0) is 141 Å². The van der Waals surface area contributed by atoms with Gasteiger partial charge in [-0.3, -0.25) is 14.4 Å². The molecule has 19 rings (SSSR count). The van der Waals surface area contributed by atoms with Crippen molar-refractivity contribution in [3.8, 4) is 34.5 Å². The monoisotopic (exact) mass is 1920 g/mol. The van der Waals surface area contributed by atoms with Crippen molar-refractivity contribution in [2.45, 2.75) is 111 Å². The first kappa shape index (κ1) is 93.0. The lowest BCUT2D eigenvalue weighted by atomic mass is 10.0. The molecule has 6 aromatic heterocycles. The zero-order chi connectivity index (χ0) is 95.5. The van der Waals surface area contributed by atoms with Gasteiger partial charge in [0.25, 0.3) is 17.7 Å². The second kappa shape index (κ2) is 46.2. The molecular formula is C108H93N21O9S3. The molecule has 19 aromatic rings. The first-order chi connectivity index (χ1) is 69.4. The Morgan fingerprint density at radius 2 is 0.404 bits per heavy atom. The summed E-state index contributed by atoms with van der Waals surface area (Å²) in [6.45, 7) is 4.01. The Morgan fingerprint density at radius 3 is 0.603 bits per heavy atom. The van der Waals surface area contributed by atoms with Crippen molar-refractivity contribution in [1.29, 1.82) is 0 Å². The fraction of sp³-hybridized carbons (Fsp3) is 0.139. The van der Waals surface area contributed by atoms with Crippen molar-refractivity contribution in [2.24, 2.45) is 0 Å². The molecule has 6 heterocycles. The molecule has 0 unspecified atom stereocenters. The molecule has 0 spiro atoms. The summed E-state index contributed by atoms with van der Waals surface area (Å²) in [5.41, 5.74) is 14.3. The summed E-state index contributed by atoms with van der Waals surface area (Å²) in [7, 11) is 0. The molecule has 0 fully saturated rings. The van der Waals surface area contributed by atoms with Crippen molar-refractivity contribution < 1.29 is 42.8 Å². The molecule has 13 aromatic carbocycles. The van der Waals surface area contributed by atoms with Crippen LogP contribution in [0.4, 0.5) is 17.1 Å². The van der Waals surface area contributed by atoms with E-state index in [2.05, 4.69) is 77.8 Å². The Hall–Kier alpha value is -17.0. The maximum absolute atomic E-state index is 15.4. The number of ether oxygens (including phenoxy) is 6. The molecular weight excluding hydrogens is 1830 g/mol. The number of anilines is 3. The van der Waals surface area contributed by atoms with E-state index >= 15 is 14.4 Å². The summed E-state index contributed by atoms with van der Waals surface area (Å²) in [6, 6.07) is 104. The molecule has 30 nitrogen and oxygen atoms in total. The molecule has 0 aliphatic carbocycles. The zero-order valence-corrected chi connectivity index (χ0v) is 78.6. The number of para-hydroxylation sites is 3. The highest BCUT2D eigenvalue weighted by atomic mass is 32.2. The SMILES string of the molecule is O=C(Nc1ccccc1SCc1cc(OCc2cn(Cc3ccccc3)nn2)cc(OCc2cn(Cc3ccccc3)nn2)c1)c1cc(C(=O)Nc2ccccc2SCc2cc(OCc3cn(Cc4ccccc4)nn3)cc(OCc3cn(Cc4ccccc4)nn3)c2)cc(C(=O)Nc2ccccc2SCc2cc(OCc3cn(Cc4ccccc4)nn3)cc(OCc3cn(Cc4ccccc4)nn3)c2)c1. The number of nitrogens with zero attached hydrogens (tertiary/aromatic N) is 18. The van der Waals surface area contributed by atoms with E-state index in [1.807, 2.05) is 328 Å². The van der Waals surface area contributed by atoms with Crippen molar-refractivity contribution in [3.63, 3.8) is 0 Å². The van der Waals surface area contributed by atoms with Crippen LogP contribution in [0, 0.1) is 0 Å². The molecule has 0 bridgehead atoms. The predicted molar refractivity (Wildman–Crippen MR) is 537 cm³/mol. The number of amides is 3. The third-order valence-electron chi connectivity index (χ3n) is 22.1. The highest BCUT2D eigenvalue weighted by molar-refractivity contribution is 7.99. The molecule has 3 N–H and O–H groups in total. The number of hydrogen-bond donors (Lipinski definition) is 3. The molecule has 0 aliphatic heterocycles. The minimum atomic E-state index is -0.595. The number of thioether (sulfide) groups is 3. The van der Waals surface area contributed by atoms with Gasteiger partial charge >= 0.3 is 0 Å². The molecule has 702 valence electrons. The lowest BCUT2D eigenvalue weighted by Gasteiger charge is -2.16. The number of rotatable bonds is 45. The van der Waals surface area contributed by atoms with Gasteiger partial charge in [-0.2, -0.15) is 0 Å². The average molecular weight is 1930 g/mol. The highest BCUT2D eigenvalue weighted by Gasteiger charge is 2.23. The summed E-state index contributed by atoms with van der Waals surface area (Å²) >= 11 is 4.42. The summed E-state index contributed by atoms with van der Waals surface area (Å²) < 4.78 is 49.5. The second-order valence-electron chi connectivity index (χ2n) is 33.0. The lowest BCUT2D eigenvalue weighted by molar-refractivity contribution is 0.102. The standard InChI is InChI=1S/C108H93N21O9S3/c130-106(109-100-37-19-22-40-103(100)139-73-82-43-94(133-67-88-61-124(118-112-88)55-76-25-7-1-8-26-76)52-95(44-82)134-68-89-62-125(119-113-89)56-77-27-9-2-10-28-77)85-49-86(107(131)110-101-38-20-23-41-104(101)140-74-83-45-96(135-69-90-63-126(120-114-90)57-78-29-11-3-12-30-78)53-97(46-83)136-70-91-64-127(121-115-91)58-79-31-13-4-14-32-79)51-87(50-85)108(132)111-102-39-21-24-42-105(102)141-75-84-47-98(137-71-92-65-128(122-116-92)59-80-33-15-5-16-34-80)54-99(48-84)138-72-93-66-129(123-117-93)60-81-35-17-6-18-36-81/h1-54,61-66H,55-60,67-75H2,(H,109,130)(H,110,131)(H,111,132). The van der Waals surface area contributed by atoms with Crippen LogP contribution in [0.1, 0.15) is 115 Å². The number of carbonyl (C=O) groups is 3. The topological polar surface area (TPSA) is 327 Å². The Balaban J connectivity index is 0.583. The Labute approximate surface area is 824 Å². The van der Waals surface area contributed by atoms with E-state index in [4.69, 9.17) is 28.4 Å². The van der Waals surface area contributed by atoms with Gasteiger partial charge < -0.3 is 44.4 Å². The van der Waals surface area contributed by atoms with Crippen LogP contribution in [0.15, 0.2) is 379 Å². The summed E-state index contributed by atoms with van der Waals surface area (Å²) in [6.07, 6.45) is 11.2. The Kier molecular flexibility index (Phi) is 30.5. The van der Waals surface area contributed by atoms with Gasteiger partial charge in [0.05, 0.1) is 93.5 Å². The molecule has 3 amide bonds.